The van der Waals surface area contributed by atoms with Crippen LogP contribution in [0.4, 0.5) is 0 Å². The highest BCUT2D eigenvalue weighted by molar-refractivity contribution is 7.90. The normalized spacial score (nSPS) is 16.2. The number of hydrogen-bond donors (Lipinski definition) is 0. The van der Waals surface area contributed by atoms with Crippen molar-refractivity contribution in [1.29, 1.82) is 0 Å². The summed E-state index contributed by atoms with van der Waals surface area (Å²) >= 11 is 5.84. The quantitative estimate of drug-likeness (QED) is 0.835. The summed E-state index contributed by atoms with van der Waals surface area (Å²) in [7, 11) is -3.92. The molecule has 0 unspecified atom stereocenters. The van der Waals surface area contributed by atoms with Crippen LogP contribution in [-0.2, 0) is 23.0 Å². The number of nitrogens with zero attached hydrogens (tertiary/aromatic N) is 3. The number of hydrogen-bond acceptors (Lipinski definition) is 6. The van der Waals surface area contributed by atoms with Gasteiger partial charge < -0.3 is 4.52 Å². The molecule has 0 bridgehead atoms. The van der Waals surface area contributed by atoms with Gasteiger partial charge in [0.15, 0.2) is 5.82 Å². The second-order valence-electron chi connectivity index (χ2n) is 5.66. The van der Waals surface area contributed by atoms with E-state index in [2.05, 4.69) is 10.1 Å². The molecular formula is C14H14ClN3O4S. The molecular weight excluding hydrogens is 342 g/mol. The molecule has 7 nitrogen and oxygen atoms in total. The van der Waals surface area contributed by atoms with Gasteiger partial charge in [-0.15, -0.1) is 0 Å². The van der Waals surface area contributed by atoms with E-state index < -0.39 is 15.9 Å². The minimum Gasteiger partial charge on any atom is -0.339 e. The summed E-state index contributed by atoms with van der Waals surface area (Å²) in [6.45, 7) is 3.73. The van der Waals surface area contributed by atoms with Gasteiger partial charge in [-0.2, -0.15) is 4.98 Å². The smallest absolute Gasteiger partial charge is 0.269 e. The molecule has 23 heavy (non-hydrogen) atoms. The second kappa shape index (κ2) is 5.61. The lowest BCUT2D eigenvalue weighted by atomic mass is 10.1. The Morgan fingerprint density at radius 3 is 2.78 bits per heavy atom. The van der Waals surface area contributed by atoms with Crippen LogP contribution >= 0.6 is 11.6 Å². The first kappa shape index (κ1) is 15.9. The van der Waals surface area contributed by atoms with Crippen LogP contribution in [0.5, 0.6) is 0 Å². The SMILES string of the molecule is CC(C)Cc1nc(CN2C(=O)c3cc(Cl)ccc3S2(=O)=O)no1. The van der Waals surface area contributed by atoms with Crippen molar-refractivity contribution in [2.75, 3.05) is 0 Å². The zero-order valence-corrected chi connectivity index (χ0v) is 14.1. The van der Waals surface area contributed by atoms with Gasteiger partial charge in [0.05, 0.1) is 5.56 Å². The molecule has 0 saturated heterocycles. The number of halogens is 1. The van der Waals surface area contributed by atoms with Crippen LogP contribution in [-0.4, -0.2) is 28.8 Å². The molecule has 0 radical (unpaired) electrons. The third-order valence-electron chi connectivity index (χ3n) is 3.34. The zero-order chi connectivity index (χ0) is 16.8. The largest absolute Gasteiger partial charge is 0.339 e. The number of sulfonamides is 1. The van der Waals surface area contributed by atoms with Gasteiger partial charge in [0.25, 0.3) is 15.9 Å². The molecule has 122 valence electrons. The van der Waals surface area contributed by atoms with Crippen LogP contribution in [0.25, 0.3) is 0 Å². The number of carbonyl (C=O) groups is 1. The summed E-state index contributed by atoms with van der Waals surface area (Å²) in [5.41, 5.74) is 0.0587. The minimum atomic E-state index is -3.92. The summed E-state index contributed by atoms with van der Waals surface area (Å²) in [6.07, 6.45) is 0.587. The average Bonchev–Trinajstić information content (AvgIpc) is 2.96. The average molecular weight is 356 g/mol. The first-order valence-corrected chi connectivity index (χ1v) is 8.79. The molecule has 0 N–H and O–H groups in total. The minimum absolute atomic E-state index is 0.0576. The standard InChI is InChI=1S/C14H14ClN3O4S/c1-8(2)5-13-16-12(17-22-13)7-18-14(19)10-6-9(15)3-4-11(10)23(18,20)21/h3-4,6,8H,5,7H2,1-2H3. The van der Waals surface area contributed by atoms with Crippen molar-refractivity contribution >= 4 is 27.5 Å². The number of benzene rings is 1. The number of amides is 1. The van der Waals surface area contributed by atoms with Gasteiger partial charge in [-0.3, -0.25) is 4.79 Å². The maximum Gasteiger partial charge on any atom is 0.269 e. The molecule has 1 amide bonds. The van der Waals surface area contributed by atoms with E-state index in [1.165, 1.54) is 18.2 Å². The van der Waals surface area contributed by atoms with Gasteiger partial charge >= 0.3 is 0 Å². The summed E-state index contributed by atoms with van der Waals surface area (Å²) in [5, 5.41) is 4.04. The molecule has 1 aromatic carbocycles. The molecule has 0 aliphatic carbocycles. The molecule has 0 spiro atoms. The van der Waals surface area contributed by atoms with E-state index in [-0.39, 0.29) is 22.8 Å². The lowest BCUT2D eigenvalue weighted by Crippen LogP contribution is -2.29. The van der Waals surface area contributed by atoms with Crippen LogP contribution in [0.1, 0.15) is 35.9 Å². The summed E-state index contributed by atoms with van der Waals surface area (Å²) in [4.78, 5) is 16.4. The first-order chi connectivity index (χ1) is 10.8. The van der Waals surface area contributed by atoms with Crippen LogP contribution < -0.4 is 0 Å². The Morgan fingerprint density at radius 1 is 1.35 bits per heavy atom. The molecule has 0 fully saturated rings. The van der Waals surface area contributed by atoms with Crippen molar-refractivity contribution in [3.63, 3.8) is 0 Å². The maximum atomic E-state index is 12.5. The number of fused-ring (bicyclic) bond motifs is 1. The summed E-state index contributed by atoms with van der Waals surface area (Å²) < 4.78 is 30.7. The highest BCUT2D eigenvalue weighted by Gasteiger charge is 2.41. The molecule has 1 aromatic heterocycles. The fraction of sp³-hybridized carbons (Fsp3) is 0.357. The van der Waals surface area contributed by atoms with Crippen molar-refractivity contribution in [1.82, 2.24) is 14.4 Å². The van der Waals surface area contributed by atoms with E-state index in [0.717, 1.165) is 4.31 Å². The lowest BCUT2D eigenvalue weighted by Gasteiger charge is -2.12. The maximum absolute atomic E-state index is 12.5. The summed E-state index contributed by atoms with van der Waals surface area (Å²) in [6, 6.07) is 4.10. The van der Waals surface area contributed by atoms with E-state index in [1.807, 2.05) is 13.8 Å². The molecule has 2 aromatic rings. The Kier molecular flexibility index (Phi) is 3.89. The van der Waals surface area contributed by atoms with Crippen molar-refractivity contribution < 1.29 is 17.7 Å². The van der Waals surface area contributed by atoms with E-state index >= 15 is 0 Å². The first-order valence-electron chi connectivity index (χ1n) is 6.97. The van der Waals surface area contributed by atoms with Crippen molar-refractivity contribution in [2.24, 2.45) is 5.92 Å². The highest BCUT2D eigenvalue weighted by atomic mass is 35.5. The molecule has 0 atom stereocenters. The Hall–Kier alpha value is -1.93. The Bertz CT molecular complexity index is 876. The van der Waals surface area contributed by atoms with Crippen LogP contribution in [0.3, 0.4) is 0 Å². The topological polar surface area (TPSA) is 93.4 Å². The number of carbonyl (C=O) groups excluding carboxylic acids is 1. The third-order valence-corrected chi connectivity index (χ3v) is 5.37. The van der Waals surface area contributed by atoms with Gasteiger partial charge in [-0.1, -0.05) is 30.6 Å². The highest BCUT2D eigenvalue weighted by Crippen LogP contribution is 2.32. The Morgan fingerprint density at radius 2 is 2.09 bits per heavy atom. The fourth-order valence-electron chi connectivity index (χ4n) is 2.33. The van der Waals surface area contributed by atoms with Crippen LogP contribution in [0.2, 0.25) is 5.02 Å². The predicted molar refractivity (Wildman–Crippen MR) is 81.4 cm³/mol. The van der Waals surface area contributed by atoms with E-state index in [1.54, 1.807) is 0 Å². The third kappa shape index (κ3) is 2.84. The van der Waals surface area contributed by atoms with Crippen molar-refractivity contribution in [2.45, 2.75) is 31.7 Å². The summed E-state index contributed by atoms with van der Waals surface area (Å²) in [5.74, 6) is 0.251. The van der Waals surface area contributed by atoms with Crippen LogP contribution in [0, 0.1) is 5.92 Å². The van der Waals surface area contributed by atoms with Gasteiger partial charge in [-0.25, -0.2) is 12.7 Å². The zero-order valence-electron chi connectivity index (χ0n) is 12.5. The number of aromatic nitrogens is 2. The second-order valence-corrected chi connectivity index (χ2v) is 7.93. The van der Waals surface area contributed by atoms with Gasteiger partial charge in [0, 0.05) is 11.4 Å². The monoisotopic (exact) mass is 355 g/mol. The van der Waals surface area contributed by atoms with Gasteiger partial charge in [-0.05, 0) is 24.1 Å². The molecule has 1 aliphatic heterocycles. The van der Waals surface area contributed by atoms with E-state index in [9.17, 15) is 13.2 Å². The van der Waals surface area contributed by atoms with E-state index in [4.69, 9.17) is 16.1 Å². The van der Waals surface area contributed by atoms with Crippen LogP contribution in [0.15, 0.2) is 27.6 Å². The van der Waals surface area contributed by atoms with Gasteiger partial charge in [0.1, 0.15) is 11.4 Å². The Labute approximate surface area is 138 Å². The van der Waals surface area contributed by atoms with E-state index in [0.29, 0.717) is 23.3 Å². The Balaban J connectivity index is 1.90. The molecule has 3 rings (SSSR count). The molecule has 2 heterocycles. The van der Waals surface area contributed by atoms with Crippen molar-refractivity contribution in [3.8, 4) is 0 Å². The molecule has 0 saturated carbocycles. The molecule has 9 heteroatoms. The fourth-order valence-corrected chi connectivity index (χ4v) is 4.00. The predicted octanol–water partition coefficient (Wildman–Crippen LogP) is 2.27. The molecule has 1 aliphatic rings. The van der Waals surface area contributed by atoms with Crippen molar-refractivity contribution in [3.05, 3.63) is 40.5 Å². The number of rotatable bonds is 4. The lowest BCUT2D eigenvalue weighted by molar-refractivity contribution is 0.0862. The van der Waals surface area contributed by atoms with Gasteiger partial charge in [0.2, 0.25) is 5.89 Å².